The molecular formula is C15H22N6O3S. The Bertz CT molecular complexity index is 875. The molecule has 0 fully saturated rings. The summed E-state index contributed by atoms with van der Waals surface area (Å²) in [6, 6.07) is 3.48. The molecule has 0 aliphatic heterocycles. The van der Waals surface area contributed by atoms with Gasteiger partial charge in [0.2, 0.25) is 10.0 Å². The molecule has 25 heavy (non-hydrogen) atoms. The van der Waals surface area contributed by atoms with Crippen molar-refractivity contribution < 1.29 is 13.2 Å². The maximum absolute atomic E-state index is 12.4. The summed E-state index contributed by atoms with van der Waals surface area (Å²) < 4.78 is 24.5. The summed E-state index contributed by atoms with van der Waals surface area (Å²) in [4.78, 5) is 16.5. The van der Waals surface area contributed by atoms with Gasteiger partial charge in [-0.05, 0) is 30.5 Å². The van der Waals surface area contributed by atoms with Crippen LogP contribution >= 0.6 is 0 Å². The molecule has 9 nitrogen and oxygen atoms in total. The molecule has 136 valence electrons. The third-order valence-electron chi connectivity index (χ3n) is 3.76. The largest absolute Gasteiger partial charge is 0.328 e. The summed E-state index contributed by atoms with van der Waals surface area (Å²) in [6.07, 6.45) is 1.42. The summed E-state index contributed by atoms with van der Waals surface area (Å²) in [5.41, 5.74) is 1.08. The van der Waals surface area contributed by atoms with Crippen molar-refractivity contribution in [2.24, 2.45) is 18.1 Å². The molecule has 0 saturated heterocycles. The fourth-order valence-corrected chi connectivity index (χ4v) is 2.87. The smallest absolute Gasteiger partial charge is 0.319 e. The van der Waals surface area contributed by atoms with E-state index in [0.717, 1.165) is 0 Å². The van der Waals surface area contributed by atoms with Crippen molar-refractivity contribution in [2.75, 3.05) is 5.32 Å². The van der Waals surface area contributed by atoms with Gasteiger partial charge < -0.3 is 10.6 Å². The van der Waals surface area contributed by atoms with Crippen LogP contribution in [0.5, 0.6) is 0 Å². The van der Waals surface area contributed by atoms with Crippen molar-refractivity contribution in [2.45, 2.75) is 31.7 Å². The van der Waals surface area contributed by atoms with Crippen molar-refractivity contribution in [3.63, 3.8) is 0 Å². The van der Waals surface area contributed by atoms with Crippen LogP contribution in [0.1, 0.15) is 31.3 Å². The number of nitrogens with zero attached hydrogens (tertiary/aromatic N) is 3. The molecule has 2 rings (SSSR count). The number of rotatable bonds is 5. The van der Waals surface area contributed by atoms with E-state index < -0.39 is 16.1 Å². The Hall–Kier alpha value is -2.46. The van der Waals surface area contributed by atoms with E-state index in [1.807, 2.05) is 13.8 Å². The quantitative estimate of drug-likeness (QED) is 0.733. The van der Waals surface area contributed by atoms with Crippen LogP contribution in [0, 0.1) is 12.8 Å². The van der Waals surface area contributed by atoms with Crippen molar-refractivity contribution in [1.29, 1.82) is 0 Å². The number of primary sulfonamides is 1. The first-order chi connectivity index (χ1) is 11.6. The Kier molecular flexibility index (Phi) is 5.43. The van der Waals surface area contributed by atoms with Crippen molar-refractivity contribution in [3.8, 4) is 0 Å². The molecule has 0 bridgehead atoms. The maximum Gasteiger partial charge on any atom is 0.319 e. The second-order valence-corrected chi connectivity index (χ2v) is 7.65. The van der Waals surface area contributed by atoms with Crippen LogP contribution in [-0.4, -0.2) is 29.2 Å². The molecule has 1 aromatic carbocycles. The minimum Gasteiger partial charge on any atom is -0.328 e. The zero-order valence-corrected chi connectivity index (χ0v) is 15.3. The van der Waals surface area contributed by atoms with Crippen LogP contribution in [0.2, 0.25) is 0 Å². The first kappa shape index (κ1) is 18.9. The summed E-state index contributed by atoms with van der Waals surface area (Å²) in [6.45, 7) is 5.66. The number of hydrogen-bond donors (Lipinski definition) is 3. The molecule has 2 amide bonds. The average molecular weight is 366 g/mol. The van der Waals surface area contributed by atoms with Crippen molar-refractivity contribution in [3.05, 3.63) is 35.9 Å². The molecule has 10 heteroatoms. The van der Waals surface area contributed by atoms with Gasteiger partial charge in [0.05, 0.1) is 10.9 Å². The predicted molar refractivity (Wildman–Crippen MR) is 93.3 cm³/mol. The number of carbonyl (C=O) groups excluding carboxylic acids is 1. The highest BCUT2D eigenvalue weighted by atomic mass is 32.2. The number of sulfonamides is 1. The van der Waals surface area contributed by atoms with Gasteiger partial charge in [-0.1, -0.05) is 19.9 Å². The lowest BCUT2D eigenvalue weighted by molar-refractivity contribution is 0.243. The Balaban J connectivity index is 2.20. The number of nitrogens with one attached hydrogen (secondary N) is 2. The van der Waals surface area contributed by atoms with E-state index >= 15 is 0 Å². The number of aromatic nitrogens is 3. The molecule has 1 heterocycles. The van der Waals surface area contributed by atoms with E-state index in [-0.39, 0.29) is 16.9 Å². The molecule has 0 aliphatic rings. The van der Waals surface area contributed by atoms with E-state index in [4.69, 9.17) is 5.14 Å². The van der Waals surface area contributed by atoms with Gasteiger partial charge in [0.15, 0.2) is 0 Å². The van der Waals surface area contributed by atoms with E-state index in [0.29, 0.717) is 17.1 Å². The number of urea groups is 1. The second-order valence-electron chi connectivity index (χ2n) is 6.08. The minimum atomic E-state index is -3.85. The molecule has 0 aliphatic carbocycles. The third kappa shape index (κ3) is 4.54. The number of nitrogens with two attached hydrogens (primary N) is 1. The normalized spacial score (nSPS) is 12.9. The van der Waals surface area contributed by atoms with Crippen LogP contribution in [0.25, 0.3) is 0 Å². The summed E-state index contributed by atoms with van der Waals surface area (Å²) in [5, 5.41) is 14.7. The number of anilines is 1. The van der Waals surface area contributed by atoms with Gasteiger partial charge in [0.25, 0.3) is 0 Å². The van der Waals surface area contributed by atoms with Gasteiger partial charge >= 0.3 is 6.03 Å². The van der Waals surface area contributed by atoms with Crippen LogP contribution in [-0.2, 0) is 17.1 Å². The van der Waals surface area contributed by atoms with E-state index in [1.54, 1.807) is 24.7 Å². The monoisotopic (exact) mass is 366 g/mol. The van der Waals surface area contributed by atoms with E-state index in [1.165, 1.54) is 18.5 Å². The molecule has 1 aromatic heterocycles. The molecule has 2 aromatic rings. The number of aryl methyl sites for hydroxylation is 2. The van der Waals surface area contributed by atoms with Gasteiger partial charge in [0, 0.05) is 12.7 Å². The Morgan fingerprint density at radius 3 is 2.52 bits per heavy atom. The molecule has 0 radical (unpaired) electrons. The van der Waals surface area contributed by atoms with Gasteiger partial charge in [-0.3, -0.25) is 4.68 Å². The zero-order chi connectivity index (χ0) is 18.8. The summed E-state index contributed by atoms with van der Waals surface area (Å²) in [7, 11) is -2.10. The Morgan fingerprint density at radius 2 is 2.00 bits per heavy atom. The lowest BCUT2D eigenvalue weighted by atomic mass is 10.0. The van der Waals surface area contributed by atoms with Gasteiger partial charge in [-0.2, -0.15) is 5.10 Å². The molecule has 0 saturated carbocycles. The van der Waals surface area contributed by atoms with Gasteiger partial charge in [-0.15, -0.1) is 0 Å². The molecular weight excluding hydrogens is 344 g/mol. The van der Waals surface area contributed by atoms with E-state index in [2.05, 4.69) is 20.7 Å². The Morgan fingerprint density at radius 1 is 1.32 bits per heavy atom. The fraction of sp³-hybridized carbons (Fsp3) is 0.400. The van der Waals surface area contributed by atoms with Gasteiger partial charge in [0.1, 0.15) is 12.2 Å². The highest BCUT2D eigenvalue weighted by Gasteiger charge is 2.23. The van der Waals surface area contributed by atoms with E-state index in [9.17, 15) is 13.2 Å². The molecule has 0 spiro atoms. The number of benzene rings is 1. The van der Waals surface area contributed by atoms with Crippen LogP contribution in [0.3, 0.4) is 0 Å². The van der Waals surface area contributed by atoms with Crippen LogP contribution in [0.15, 0.2) is 29.4 Å². The SMILES string of the molecule is Cc1ccc(S(N)(=O)=O)cc1NC(=O)N[C@@H](c1ncnn1C)C(C)C. The molecule has 0 unspecified atom stereocenters. The van der Waals surface area contributed by atoms with Crippen molar-refractivity contribution >= 4 is 21.7 Å². The van der Waals surface area contributed by atoms with Gasteiger partial charge in [-0.25, -0.2) is 23.3 Å². The third-order valence-corrected chi connectivity index (χ3v) is 4.67. The standard InChI is InChI=1S/C15H22N6O3S/c1-9(2)13(14-17-8-18-21(14)4)20-15(22)19-12-7-11(25(16,23)24)6-5-10(12)3/h5-9,13H,1-4H3,(H2,16,23,24)(H2,19,20,22)/t13-/m1/s1. The lowest BCUT2D eigenvalue weighted by Gasteiger charge is -2.22. The number of amides is 2. The lowest BCUT2D eigenvalue weighted by Crippen LogP contribution is -2.36. The summed E-state index contributed by atoms with van der Waals surface area (Å²) >= 11 is 0. The fourth-order valence-electron chi connectivity index (χ4n) is 2.33. The van der Waals surface area contributed by atoms with Crippen molar-refractivity contribution in [1.82, 2.24) is 20.1 Å². The number of hydrogen-bond acceptors (Lipinski definition) is 5. The summed E-state index contributed by atoms with van der Waals surface area (Å²) in [5.74, 6) is 0.700. The molecule has 4 N–H and O–H groups in total. The highest BCUT2D eigenvalue weighted by molar-refractivity contribution is 7.89. The zero-order valence-electron chi connectivity index (χ0n) is 14.5. The first-order valence-corrected chi connectivity index (χ1v) is 9.19. The maximum atomic E-state index is 12.4. The highest BCUT2D eigenvalue weighted by Crippen LogP contribution is 2.21. The number of carbonyl (C=O) groups is 1. The average Bonchev–Trinajstić information content (AvgIpc) is 2.91. The van der Waals surface area contributed by atoms with Crippen LogP contribution < -0.4 is 15.8 Å². The first-order valence-electron chi connectivity index (χ1n) is 7.64. The molecule has 1 atom stereocenters. The topological polar surface area (TPSA) is 132 Å². The second kappa shape index (κ2) is 7.19. The van der Waals surface area contributed by atoms with Crippen LogP contribution in [0.4, 0.5) is 10.5 Å². The Labute approximate surface area is 146 Å². The minimum absolute atomic E-state index is 0.0675. The predicted octanol–water partition coefficient (Wildman–Crippen LogP) is 1.29.